The molecule has 2 aliphatic rings. The first-order valence-electron chi connectivity index (χ1n) is 9.17. The highest BCUT2D eigenvalue weighted by atomic mass is 16.2. The van der Waals surface area contributed by atoms with Crippen LogP contribution in [0.1, 0.15) is 19.8 Å². The van der Waals surface area contributed by atoms with Crippen molar-refractivity contribution in [2.45, 2.75) is 19.8 Å². The highest BCUT2D eigenvalue weighted by molar-refractivity contribution is 5.81. The van der Waals surface area contributed by atoms with E-state index in [9.17, 15) is 4.79 Å². The molecule has 132 valence electrons. The van der Waals surface area contributed by atoms with Crippen molar-refractivity contribution in [1.29, 1.82) is 0 Å². The lowest BCUT2D eigenvalue weighted by atomic mass is 9.99. The number of likely N-dealkylation sites (N-methyl/N-ethyl adjacent to an activating group) is 1. The molecule has 0 spiro atoms. The number of hydrogen-bond donors (Lipinski definition) is 1. The van der Waals surface area contributed by atoms with E-state index >= 15 is 0 Å². The molecule has 0 atom stereocenters. The molecular formula is C19H30N4O. The van der Waals surface area contributed by atoms with Crippen LogP contribution in [0.3, 0.4) is 0 Å². The molecule has 1 aromatic rings. The average molecular weight is 330 g/mol. The summed E-state index contributed by atoms with van der Waals surface area (Å²) in [4.78, 5) is 18.9. The third kappa shape index (κ3) is 4.41. The number of anilines is 2. The molecule has 1 N–H and O–H groups in total. The Morgan fingerprint density at radius 2 is 1.67 bits per heavy atom. The summed E-state index contributed by atoms with van der Waals surface area (Å²) in [6.07, 6.45) is 2.55. The number of amides is 1. The number of piperidine rings is 1. The molecule has 5 heteroatoms. The van der Waals surface area contributed by atoms with Gasteiger partial charge in [0.05, 0.1) is 6.54 Å². The maximum absolute atomic E-state index is 12.3. The molecule has 0 radical (unpaired) electrons. The Labute approximate surface area is 145 Å². The fourth-order valence-corrected chi connectivity index (χ4v) is 3.40. The number of nitrogens with one attached hydrogen (secondary N) is 1. The van der Waals surface area contributed by atoms with E-state index < -0.39 is 0 Å². The SMILES string of the molecule is CC1CCN(c2ccc(NCC(=O)N3CCN(C)CC3)cc2)CC1. The van der Waals surface area contributed by atoms with Crippen LogP contribution in [-0.2, 0) is 4.79 Å². The Kier molecular flexibility index (Phi) is 5.61. The van der Waals surface area contributed by atoms with Crippen molar-refractivity contribution in [2.75, 3.05) is 63.1 Å². The van der Waals surface area contributed by atoms with Crippen LogP contribution in [0, 0.1) is 5.92 Å². The summed E-state index contributed by atoms with van der Waals surface area (Å²) < 4.78 is 0. The molecule has 3 rings (SSSR count). The minimum atomic E-state index is 0.192. The second-order valence-corrected chi connectivity index (χ2v) is 7.25. The first-order chi connectivity index (χ1) is 11.6. The topological polar surface area (TPSA) is 38.8 Å². The fourth-order valence-electron chi connectivity index (χ4n) is 3.40. The number of hydrogen-bond acceptors (Lipinski definition) is 4. The Morgan fingerprint density at radius 1 is 1.04 bits per heavy atom. The zero-order valence-corrected chi connectivity index (χ0v) is 15.0. The summed E-state index contributed by atoms with van der Waals surface area (Å²) in [6, 6.07) is 8.51. The minimum Gasteiger partial charge on any atom is -0.376 e. The van der Waals surface area contributed by atoms with Gasteiger partial charge in [-0.3, -0.25) is 4.79 Å². The number of carbonyl (C=O) groups is 1. The van der Waals surface area contributed by atoms with Crippen LogP contribution in [-0.4, -0.2) is 68.6 Å². The first-order valence-corrected chi connectivity index (χ1v) is 9.17. The second kappa shape index (κ2) is 7.88. The van der Waals surface area contributed by atoms with Crippen molar-refractivity contribution < 1.29 is 4.79 Å². The quantitative estimate of drug-likeness (QED) is 0.918. The third-order valence-electron chi connectivity index (χ3n) is 5.32. The fraction of sp³-hybridized carbons (Fsp3) is 0.632. The van der Waals surface area contributed by atoms with Crippen LogP contribution >= 0.6 is 0 Å². The Balaban J connectivity index is 1.47. The van der Waals surface area contributed by atoms with Crippen LogP contribution in [0.2, 0.25) is 0 Å². The predicted molar refractivity (Wildman–Crippen MR) is 99.6 cm³/mol. The van der Waals surface area contributed by atoms with Crippen molar-refractivity contribution in [3.8, 4) is 0 Å². The van der Waals surface area contributed by atoms with Gasteiger partial charge in [-0.05, 0) is 50.1 Å². The molecule has 2 saturated heterocycles. The van der Waals surface area contributed by atoms with Gasteiger partial charge in [0.2, 0.25) is 5.91 Å². The number of carbonyl (C=O) groups excluding carboxylic acids is 1. The molecule has 1 amide bonds. The molecule has 1 aromatic carbocycles. The van der Waals surface area contributed by atoms with Crippen LogP contribution in [0.15, 0.2) is 24.3 Å². The molecule has 24 heavy (non-hydrogen) atoms. The summed E-state index contributed by atoms with van der Waals surface area (Å²) in [5, 5.41) is 3.27. The summed E-state index contributed by atoms with van der Waals surface area (Å²) in [5.41, 5.74) is 2.31. The van der Waals surface area contributed by atoms with Crippen LogP contribution in [0.4, 0.5) is 11.4 Å². The monoisotopic (exact) mass is 330 g/mol. The highest BCUT2D eigenvalue weighted by Crippen LogP contribution is 2.24. The van der Waals surface area contributed by atoms with Gasteiger partial charge in [-0.1, -0.05) is 6.92 Å². The largest absolute Gasteiger partial charge is 0.376 e. The smallest absolute Gasteiger partial charge is 0.241 e. The third-order valence-corrected chi connectivity index (χ3v) is 5.32. The molecule has 2 heterocycles. The number of piperazine rings is 1. The van der Waals surface area contributed by atoms with Gasteiger partial charge in [-0.25, -0.2) is 0 Å². The summed E-state index contributed by atoms with van der Waals surface area (Å²) in [6.45, 7) is 8.62. The lowest BCUT2D eigenvalue weighted by Gasteiger charge is -2.32. The summed E-state index contributed by atoms with van der Waals surface area (Å²) in [5.74, 6) is 1.04. The van der Waals surface area contributed by atoms with Gasteiger partial charge in [0, 0.05) is 50.6 Å². The van der Waals surface area contributed by atoms with E-state index in [2.05, 4.69) is 53.4 Å². The van der Waals surface area contributed by atoms with Crippen molar-refractivity contribution in [1.82, 2.24) is 9.80 Å². The Bertz CT molecular complexity index is 529. The van der Waals surface area contributed by atoms with E-state index in [1.165, 1.54) is 18.5 Å². The lowest BCUT2D eigenvalue weighted by molar-refractivity contribution is -0.130. The first kappa shape index (κ1) is 17.1. The van der Waals surface area contributed by atoms with E-state index in [1.807, 2.05) is 4.90 Å². The normalized spacial score (nSPS) is 20.2. The van der Waals surface area contributed by atoms with Gasteiger partial charge in [-0.15, -0.1) is 0 Å². The molecule has 2 aliphatic heterocycles. The van der Waals surface area contributed by atoms with Gasteiger partial charge in [0.25, 0.3) is 0 Å². The van der Waals surface area contributed by atoms with Gasteiger partial charge >= 0.3 is 0 Å². The predicted octanol–water partition coefficient (Wildman–Crippen LogP) is 2.11. The lowest BCUT2D eigenvalue weighted by Crippen LogP contribution is -2.48. The van der Waals surface area contributed by atoms with Crippen LogP contribution < -0.4 is 10.2 Å². The van der Waals surface area contributed by atoms with E-state index in [1.54, 1.807) is 0 Å². The van der Waals surface area contributed by atoms with Crippen LogP contribution in [0.5, 0.6) is 0 Å². The zero-order chi connectivity index (χ0) is 16.9. The van der Waals surface area contributed by atoms with E-state index in [0.29, 0.717) is 6.54 Å². The second-order valence-electron chi connectivity index (χ2n) is 7.25. The number of nitrogens with zero attached hydrogens (tertiary/aromatic N) is 3. The highest BCUT2D eigenvalue weighted by Gasteiger charge is 2.19. The maximum Gasteiger partial charge on any atom is 0.241 e. The van der Waals surface area contributed by atoms with E-state index in [-0.39, 0.29) is 5.91 Å². The minimum absolute atomic E-state index is 0.192. The van der Waals surface area contributed by atoms with Crippen molar-refractivity contribution in [3.63, 3.8) is 0 Å². The molecule has 0 aromatic heterocycles. The Hall–Kier alpha value is -1.75. The van der Waals surface area contributed by atoms with Crippen molar-refractivity contribution in [2.24, 2.45) is 5.92 Å². The van der Waals surface area contributed by atoms with Gasteiger partial charge in [0.15, 0.2) is 0 Å². The number of rotatable bonds is 4. The molecule has 2 fully saturated rings. The summed E-state index contributed by atoms with van der Waals surface area (Å²) in [7, 11) is 2.10. The zero-order valence-electron chi connectivity index (χ0n) is 15.0. The van der Waals surface area contributed by atoms with E-state index in [0.717, 1.165) is 50.9 Å². The van der Waals surface area contributed by atoms with E-state index in [4.69, 9.17) is 0 Å². The molecular weight excluding hydrogens is 300 g/mol. The van der Waals surface area contributed by atoms with Gasteiger partial charge < -0.3 is 20.0 Å². The van der Waals surface area contributed by atoms with Crippen molar-refractivity contribution >= 4 is 17.3 Å². The molecule has 0 bridgehead atoms. The van der Waals surface area contributed by atoms with Gasteiger partial charge in [0.1, 0.15) is 0 Å². The number of benzene rings is 1. The van der Waals surface area contributed by atoms with Crippen molar-refractivity contribution in [3.05, 3.63) is 24.3 Å². The van der Waals surface area contributed by atoms with Crippen LogP contribution in [0.25, 0.3) is 0 Å². The molecule has 5 nitrogen and oxygen atoms in total. The average Bonchev–Trinajstić information content (AvgIpc) is 2.61. The molecule has 0 unspecified atom stereocenters. The summed E-state index contributed by atoms with van der Waals surface area (Å²) >= 11 is 0. The van der Waals surface area contributed by atoms with Gasteiger partial charge in [-0.2, -0.15) is 0 Å². The standard InChI is InChI=1S/C19H30N4O/c1-16-7-9-22(10-8-16)18-5-3-17(4-6-18)20-15-19(24)23-13-11-21(2)12-14-23/h3-6,16,20H,7-15H2,1-2H3. The molecule has 0 saturated carbocycles. The Morgan fingerprint density at radius 3 is 2.29 bits per heavy atom. The molecule has 0 aliphatic carbocycles. The maximum atomic E-state index is 12.3.